The molecule has 0 saturated heterocycles. The molecular weight excluding hydrogens is 367 g/mol. The van der Waals surface area contributed by atoms with Crippen molar-refractivity contribution in [2.75, 3.05) is 12.4 Å². The van der Waals surface area contributed by atoms with Crippen LogP contribution in [0.3, 0.4) is 0 Å². The molecule has 3 aromatic heterocycles. The number of nitrogens with zero attached hydrogens (tertiary/aromatic N) is 5. The minimum absolute atomic E-state index is 0.0398. The quantitative estimate of drug-likeness (QED) is 0.713. The number of anilines is 1. The number of fused-ring (bicyclic) bond motifs is 1. The van der Waals surface area contributed by atoms with E-state index in [1.54, 1.807) is 7.05 Å². The number of hydrogen-bond donors (Lipinski definition) is 2. The van der Waals surface area contributed by atoms with Gasteiger partial charge in [0.25, 0.3) is 11.8 Å². The van der Waals surface area contributed by atoms with E-state index < -0.39 is 23.7 Å². The molecule has 0 bridgehead atoms. The van der Waals surface area contributed by atoms with E-state index >= 15 is 0 Å². The van der Waals surface area contributed by atoms with Crippen LogP contribution < -0.4 is 10.6 Å². The lowest BCUT2D eigenvalue weighted by molar-refractivity contribution is -0.142. The Hall–Kier alpha value is -3.44. The Labute approximate surface area is 150 Å². The Morgan fingerprint density at radius 3 is 2.48 bits per heavy atom. The summed E-state index contributed by atoms with van der Waals surface area (Å²) in [4.78, 5) is 28.2. The van der Waals surface area contributed by atoms with Crippen LogP contribution in [-0.4, -0.2) is 43.2 Å². The zero-order valence-electron chi connectivity index (χ0n) is 14.4. The second-order valence-electron chi connectivity index (χ2n) is 5.68. The molecule has 0 fully saturated rings. The molecule has 0 spiro atoms. The fourth-order valence-corrected chi connectivity index (χ4v) is 2.47. The van der Waals surface area contributed by atoms with Gasteiger partial charge in [-0.2, -0.15) is 23.4 Å². The number of halogens is 3. The number of carbonyl (C=O) groups is 2. The summed E-state index contributed by atoms with van der Waals surface area (Å²) in [6.07, 6.45) is -3.27. The first-order valence-electron chi connectivity index (χ1n) is 7.62. The Kier molecular flexibility index (Phi) is 4.33. The van der Waals surface area contributed by atoms with E-state index in [0.29, 0.717) is 4.52 Å². The molecule has 2 amide bonds. The number of aryl methyl sites for hydroxylation is 2. The van der Waals surface area contributed by atoms with Crippen molar-refractivity contribution in [1.29, 1.82) is 0 Å². The lowest BCUT2D eigenvalue weighted by Crippen LogP contribution is -2.21. The van der Waals surface area contributed by atoms with Gasteiger partial charge in [-0.25, -0.2) is 9.50 Å². The molecule has 0 aliphatic carbocycles. The van der Waals surface area contributed by atoms with Crippen LogP contribution >= 0.6 is 0 Å². The van der Waals surface area contributed by atoms with E-state index in [0.717, 1.165) is 12.1 Å². The number of nitrogens with one attached hydrogen (secondary N) is 2. The maximum atomic E-state index is 13.2. The lowest BCUT2D eigenvalue weighted by Gasteiger charge is -2.09. The number of carbonyl (C=O) groups excluding carboxylic acids is 2. The number of amides is 2. The Balaban J connectivity index is 1.99. The largest absolute Gasteiger partial charge is 0.433 e. The van der Waals surface area contributed by atoms with Crippen LogP contribution in [0.25, 0.3) is 5.65 Å². The van der Waals surface area contributed by atoms with Crippen LogP contribution in [-0.2, 0) is 13.2 Å². The van der Waals surface area contributed by atoms with E-state index in [1.807, 2.05) is 0 Å². The summed E-state index contributed by atoms with van der Waals surface area (Å²) in [5.74, 6) is -1.33. The predicted molar refractivity (Wildman–Crippen MR) is 87.3 cm³/mol. The average molecular weight is 381 g/mol. The molecular formula is C15H14F3N7O2. The van der Waals surface area contributed by atoms with Crippen molar-refractivity contribution in [1.82, 2.24) is 29.7 Å². The molecule has 0 unspecified atom stereocenters. The van der Waals surface area contributed by atoms with Gasteiger partial charge in [0.05, 0.1) is 5.69 Å². The SMILES string of the molecule is CNC(=O)c1nn(C)cc1NC(=O)c1cc2nc(C)cc(C(F)(F)F)n2n1. The maximum absolute atomic E-state index is 13.2. The first-order chi connectivity index (χ1) is 12.6. The van der Waals surface area contributed by atoms with Gasteiger partial charge in [0.2, 0.25) is 0 Å². The summed E-state index contributed by atoms with van der Waals surface area (Å²) >= 11 is 0. The van der Waals surface area contributed by atoms with Gasteiger partial charge in [-0.1, -0.05) is 0 Å². The highest BCUT2D eigenvalue weighted by Crippen LogP contribution is 2.30. The zero-order valence-corrected chi connectivity index (χ0v) is 14.4. The molecule has 3 aromatic rings. The maximum Gasteiger partial charge on any atom is 0.433 e. The first-order valence-corrected chi connectivity index (χ1v) is 7.62. The normalized spacial score (nSPS) is 11.6. The van der Waals surface area contributed by atoms with Gasteiger partial charge >= 0.3 is 6.18 Å². The van der Waals surface area contributed by atoms with E-state index in [4.69, 9.17) is 0 Å². The van der Waals surface area contributed by atoms with Gasteiger partial charge in [0.15, 0.2) is 17.0 Å². The third-order valence-electron chi connectivity index (χ3n) is 3.60. The Morgan fingerprint density at radius 1 is 1.15 bits per heavy atom. The lowest BCUT2D eigenvalue weighted by atomic mass is 10.3. The zero-order chi connectivity index (χ0) is 19.9. The second-order valence-corrected chi connectivity index (χ2v) is 5.68. The number of rotatable bonds is 3. The van der Waals surface area contributed by atoms with Gasteiger partial charge in [-0.15, -0.1) is 0 Å². The van der Waals surface area contributed by atoms with Crippen molar-refractivity contribution in [2.24, 2.45) is 7.05 Å². The number of alkyl halides is 3. The summed E-state index contributed by atoms with van der Waals surface area (Å²) in [6.45, 7) is 1.41. The van der Waals surface area contributed by atoms with Gasteiger partial charge in [0, 0.05) is 32.1 Å². The fourth-order valence-electron chi connectivity index (χ4n) is 2.47. The van der Waals surface area contributed by atoms with E-state index in [2.05, 4.69) is 25.8 Å². The monoisotopic (exact) mass is 381 g/mol. The highest BCUT2D eigenvalue weighted by molar-refractivity contribution is 6.07. The molecule has 0 saturated carbocycles. The summed E-state index contributed by atoms with van der Waals surface area (Å²) < 4.78 is 41.5. The third kappa shape index (κ3) is 3.45. The number of aromatic nitrogens is 5. The van der Waals surface area contributed by atoms with Gasteiger partial charge in [-0.3, -0.25) is 14.3 Å². The van der Waals surface area contributed by atoms with Crippen LogP contribution in [0, 0.1) is 6.92 Å². The molecule has 0 radical (unpaired) electrons. The average Bonchev–Trinajstić information content (AvgIpc) is 3.15. The summed E-state index contributed by atoms with van der Waals surface area (Å²) in [7, 11) is 2.95. The molecule has 27 heavy (non-hydrogen) atoms. The van der Waals surface area contributed by atoms with E-state index in [-0.39, 0.29) is 28.4 Å². The van der Waals surface area contributed by atoms with Crippen molar-refractivity contribution in [2.45, 2.75) is 13.1 Å². The minimum atomic E-state index is -4.67. The molecule has 2 N–H and O–H groups in total. The molecule has 3 heterocycles. The van der Waals surface area contributed by atoms with Crippen molar-refractivity contribution in [3.63, 3.8) is 0 Å². The molecule has 9 nitrogen and oxygen atoms in total. The summed E-state index contributed by atoms with van der Waals surface area (Å²) in [5, 5.41) is 12.5. The van der Waals surface area contributed by atoms with E-state index in [1.165, 1.54) is 24.9 Å². The number of hydrogen-bond acceptors (Lipinski definition) is 5. The minimum Gasteiger partial charge on any atom is -0.354 e. The predicted octanol–water partition coefficient (Wildman–Crippen LogP) is 1.40. The topological polar surface area (TPSA) is 106 Å². The van der Waals surface area contributed by atoms with Gasteiger partial charge in [0.1, 0.15) is 5.69 Å². The summed E-state index contributed by atoms with van der Waals surface area (Å²) in [5.41, 5.74) is -1.26. The fraction of sp³-hybridized carbons (Fsp3) is 0.267. The smallest absolute Gasteiger partial charge is 0.354 e. The van der Waals surface area contributed by atoms with Crippen molar-refractivity contribution in [3.8, 4) is 0 Å². The van der Waals surface area contributed by atoms with Gasteiger partial charge in [-0.05, 0) is 13.0 Å². The highest BCUT2D eigenvalue weighted by Gasteiger charge is 2.35. The standard InChI is InChI=1S/C15H14F3N7O2/c1-7-4-10(15(16,17)18)25-11(20-7)5-8(22-25)13(26)21-9-6-24(3)23-12(9)14(27)19-2/h4-6H,1-3H3,(H,19,27)(H,21,26). The molecule has 0 aliphatic heterocycles. The Morgan fingerprint density at radius 2 is 1.85 bits per heavy atom. The molecule has 0 atom stereocenters. The first kappa shape index (κ1) is 18.4. The van der Waals surface area contributed by atoms with Crippen LogP contribution in [0.4, 0.5) is 18.9 Å². The molecule has 0 aromatic carbocycles. The molecule has 0 aliphatic rings. The van der Waals surface area contributed by atoms with Crippen molar-refractivity contribution >= 4 is 23.1 Å². The van der Waals surface area contributed by atoms with Crippen LogP contribution in [0.1, 0.15) is 32.4 Å². The molecule has 142 valence electrons. The highest BCUT2D eigenvalue weighted by atomic mass is 19.4. The van der Waals surface area contributed by atoms with E-state index in [9.17, 15) is 22.8 Å². The van der Waals surface area contributed by atoms with Crippen LogP contribution in [0.5, 0.6) is 0 Å². The third-order valence-corrected chi connectivity index (χ3v) is 3.60. The second kappa shape index (κ2) is 6.37. The van der Waals surface area contributed by atoms with Crippen molar-refractivity contribution < 1.29 is 22.8 Å². The van der Waals surface area contributed by atoms with Gasteiger partial charge < -0.3 is 10.6 Å². The van der Waals surface area contributed by atoms with Crippen LogP contribution in [0.15, 0.2) is 18.3 Å². The Bertz CT molecular complexity index is 1050. The summed E-state index contributed by atoms with van der Waals surface area (Å²) in [6, 6.07) is 1.97. The molecule has 3 rings (SSSR count). The van der Waals surface area contributed by atoms with Crippen molar-refractivity contribution in [3.05, 3.63) is 41.1 Å². The van der Waals surface area contributed by atoms with Crippen LogP contribution in [0.2, 0.25) is 0 Å². The molecule has 12 heteroatoms.